The normalized spacial score (nSPS) is 27.7. The molecule has 1 aromatic carbocycles. The van der Waals surface area contributed by atoms with E-state index in [1.807, 2.05) is 0 Å². The van der Waals surface area contributed by atoms with Gasteiger partial charge in [0.05, 0.1) is 11.3 Å². The van der Waals surface area contributed by atoms with E-state index in [0.29, 0.717) is 17.5 Å². The van der Waals surface area contributed by atoms with Gasteiger partial charge >= 0.3 is 16.4 Å². The number of hydrogen-bond donors (Lipinski definition) is 1. The first-order valence-corrected chi connectivity index (χ1v) is 10.8. The Labute approximate surface area is 166 Å². The summed E-state index contributed by atoms with van der Waals surface area (Å²) in [6.45, 7) is 1.55. The van der Waals surface area contributed by atoms with Crippen LogP contribution < -0.4 is 5.32 Å². The Morgan fingerprint density at radius 3 is 2.55 bits per heavy atom. The van der Waals surface area contributed by atoms with E-state index in [1.54, 1.807) is 6.92 Å². The van der Waals surface area contributed by atoms with Gasteiger partial charge in [-0.3, -0.25) is 4.79 Å². The number of nitrogens with zero attached hydrogens (tertiary/aromatic N) is 2. The van der Waals surface area contributed by atoms with Gasteiger partial charge in [-0.15, -0.1) is 4.40 Å². The van der Waals surface area contributed by atoms with E-state index in [1.165, 1.54) is 18.2 Å². The van der Waals surface area contributed by atoms with Gasteiger partial charge < -0.3 is 5.32 Å². The Morgan fingerprint density at radius 1 is 1.24 bits per heavy atom. The van der Waals surface area contributed by atoms with E-state index in [-0.39, 0.29) is 23.8 Å². The number of halogens is 3. The van der Waals surface area contributed by atoms with Crippen LogP contribution in [0.3, 0.4) is 0 Å². The summed E-state index contributed by atoms with van der Waals surface area (Å²) in [7, 11) is -4.07. The van der Waals surface area contributed by atoms with Crippen molar-refractivity contribution in [1.82, 2.24) is 4.31 Å². The largest absolute Gasteiger partial charge is 0.416 e. The summed E-state index contributed by atoms with van der Waals surface area (Å²) >= 11 is 0. The average molecular weight is 427 g/mol. The van der Waals surface area contributed by atoms with Crippen molar-refractivity contribution >= 4 is 27.5 Å². The molecular formula is C19H20F3N3O3S. The number of amides is 1. The van der Waals surface area contributed by atoms with Gasteiger partial charge in [0.25, 0.3) is 5.91 Å². The van der Waals surface area contributed by atoms with Crippen LogP contribution in [0.5, 0.6) is 0 Å². The molecule has 0 bridgehead atoms. The van der Waals surface area contributed by atoms with Gasteiger partial charge in [-0.05, 0) is 62.3 Å². The van der Waals surface area contributed by atoms with Gasteiger partial charge in [-0.1, -0.05) is 6.07 Å². The minimum Gasteiger partial charge on any atom is -0.321 e. The number of anilines is 1. The van der Waals surface area contributed by atoms with Crippen molar-refractivity contribution in [3.05, 3.63) is 41.6 Å². The molecule has 0 spiro atoms. The number of nitrogens with one attached hydrogen (secondary N) is 1. The summed E-state index contributed by atoms with van der Waals surface area (Å²) in [6, 6.07) is 4.21. The van der Waals surface area contributed by atoms with Gasteiger partial charge in [0, 0.05) is 18.2 Å². The summed E-state index contributed by atoms with van der Waals surface area (Å²) in [5.41, 5.74) is -0.739. The molecule has 0 saturated heterocycles. The molecule has 6 nitrogen and oxygen atoms in total. The Bertz CT molecular complexity index is 1010. The van der Waals surface area contributed by atoms with Crippen LogP contribution in [-0.2, 0) is 21.2 Å². The van der Waals surface area contributed by atoms with Crippen molar-refractivity contribution in [2.45, 2.75) is 32.4 Å². The van der Waals surface area contributed by atoms with E-state index in [0.717, 1.165) is 35.7 Å². The van der Waals surface area contributed by atoms with Crippen LogP contribution in [0, 0.1) is 17.8 Å². The molecule has 2 fully saturated rings. The van der Waals surface area contributed by atoms with Gasteiger partial charge in [-0.25, -0.2) is 4.31 Å². The van der Waals surface area contributed by atoms with E-state index < -0.39 is 27.9 Å². The first-order chi connectivity index (χ1) is 13.6. The monoisotopic (exact) mass is 427 g/mol. The highest BCUT2D eigenvalue weighted by molar-refractivity contribution is 7.88. The number of fused-ring (bicyclic) bond motifs is 1. The van der Waals surface area contributed by atoms with Gasteiger partial charge in [0.15, 0.2) is 0 Å². The maximum absolute atomic E-state index is 12.9. The molecule has 1 N–H and O–H groups in total. The second-order valence-electron chi connectivity index (χ2n) is 7.65. The van der Waals surface area contributed by atoms with Crippen LogP contribution in [0.1, 0.15) is 31.7 Å². The first kappa shape index (κ1) is 19.9. The van der Waals surface area contributed by atoms with Crippen LogP contribution in [0.25, 0.3) is 0 Å². The number of likely N-dealkylation sites (N-methyl/N-ethyl adjacent to an activating group) is 1. The zero-order valence-corrected chi connectivity index (χ0v) is 16.4. The summed E-state index contributed by atoms with van der Waals surface area (Å²) in [6.07, 6.45) is -0.228. The van der Waals surface area contributed by atoms with Gasteiger partial charge in [0.1, 0.15) is 5.70 Å². The molecule has 2 unspecified atom stereocenters. The molecule has 3 aliphatic rings. The van der Waals surface area contributed by atoms with Crippen molar-refractivity contribution < 1.29 is 26.4 Å². The van der Waals surface area contributed by atoms with Crippen molar-refractivity contribution in [2.24, 2.45) is 22.2 Å². The molecule has 29 heavy (non-hydrogen) atoms. The topological polar surface area (TPSA) is 78.8 Å². The van der Waals surface area contributed by atoms with E-state index in [9.17, 15) is 26.4 Å². The molecule has 2 aliphatic carbocycles. The zero-order valence-electron chi connectivity index (χ0n) is 15.6. The molecule has 3 atom stereocenters. The average Bonchev–Trinajstić information content (AvgIpc) is 3.25. The summed E-state index contributed by atoms with van der Waals surface area (Å²) in [5, 5.41) is 2.39. The molecule has 2 saturated carbocycles. The molecule has 1 heterocycles. The highest BCUT2D eigenvalue weighted by Crippen LogP contribution is 2.55. The summed E-state index contributed by atoms with van der Waals surface area (Å²) in [4.78, 5) is 12.8. The van der Waals surface area contributed by atoms with Gasteiger partial charge in [0.2, 0.25) is 0 Å². The highest BCUT2D eigenvalue weighted by Gasteiger charge is 2.48. The second kappa shape index (κ2) is 6.86. The third-order valence-corrected chi connectivity index (χ3v) is 7.14. The molecule has 1 aromatic rings. The highest BCUT2D eigenvalue weighted by atomic mass is 32.2. The molecule has 1 amide bonds. The molecular weight excluding hydrogens is 407 g/mol. The first-order valence-electron chi connectivity index (χ1n) is 9.41. The zero-order chi connectivity index (χ0) is 21.0. The van der Waals surface area contributed by atoms with Crippen LogP contribution in [-0.4, -0.2) is 30.9 Å². The minimum atomic E-state index is -4.55. The Balaban J connectivity index is 1.61. The van der Waals surface area contributed by atoms with Crippen molar-refractivity contribution in [1.29, 1.82) is 0 Å². The Kier molecular flexibility index (Phi) is 4.71. The lowest BCUT2D eigenvalue weighted by atomic mass is 9.96. The maximum Gasteiger partial charge on any atom is 0.416 e. The standard InChI is InChI=1S/C19H20F3N3O3S/c1-2-25-17(18(26)23-15-5-3-4-14(9-15)19(20,21)22)10-16(24-29(25,27)28)13-7-11-6-12(11)8-13/h3-5,9-13H,2,6-8H2,1H3,(H,23,26)/t11-,12?,13?/m1/s1. The van der Waals surface area contributed by atoms with Crippen LogP contribution >= 0.6 is 0 Å². The minimum absolute atomic E-state index is 0.0103. The molecule has 156 valence electrons. The molecule has 10 heteroatoms. The fourth-order valence-corrected chi connectivity index (χ4v) is 5.45. The van der Waals surface area contributed by atoms with Crippen LogP contribution in [0.2, 0.25) is 0 Å². The lowest BCUT2D eigenvalue weighted by Crippen LogP contribution is -2.39. The fraction of sp³-hybridized carbons (Fsp3) is 0.474. The lowest BCUT2D eigenvalue weighted by molar-refractivity contribution is -0.137. The summed E-state index contributed by atoms with van der Waals surface area (Å²) < 4.78 is 68.7. The number of allylic oxidation sites excluding steroid dienone is 1. The maximum atomic E-state index is 12.9. The van der Waals surface area contributed by atoms with Crippen LogP contribution in [0.4, 0.5) is 18.9 Å². The number of alkyl halides is 3. The van der Waals surface area contributed by atoms with Crippen LogP contribution in [0.15, 0.2) is 40.4 Å². The predicted molar refractivity (Wildman–Crippen MR) is 101 cm³/mol. The van der Waals surface area contributed by atoms with Crippen molar-refractivity contribution in [3.8, 4) is 0 Å². The second-order valence-corrected chi connectivity index (χ2v) is 9.16. The molecule has 0 aromatic heterocycles. The van der Waals surface area contributed by atoms with Gasteiger partial charge in [-0.2, -0.15) is 21.6 Å². The molecule has 0 radical (unpaired) electrons. The third kappa shape index (κ3) is 3.90. The molecule has 4 rings (SSSR count). The SMILES string of the molecule is CCN1C(C(=O)Nc2cccc(C(F)(F)F)c2)=CC(C2CC3C[C@@H]3C2)=NS1(=O)=O. The van der Waals surface area contributed by atoms with Crippen molar-refractivity contribution in [3.63, 3.8) is 0 Å². The third-order valence-electron chi connectivity index (χ3n) is 5.68. The Hall–Kier alpha value is -2.36. The number of rotatable bonds is 4. The Morgan fingerprint density at radius 2 is 1.93 bits per heavy atom. The quantitative estimate of drug-likeness (QED) is 0.798. The van der Waals surface area contributed by atoms with E-state index in [4.69, 9.17) is 0 Å². The lowest BCUT2D eigenvalue weighted by Gasteiger charge is -2.28. The predicted octanol–water partition coefficient (Wildman–Crippen LogP) is 3.60. The number of carbonyl (C=O) groups excluding carboxylic acids is 1. The number of carbonyl (C=O) groups is 1. The van der Waals surface area contributed by atoms with E-state index in [2.05, 4.69) is 9.71 Å². The number of benzene rings is 1. The summed E-state index contributed by atoms with van der Waals surface area (Å²) in [5.74, 6) is 0.407. The van der Waals surface area contributed by atoms with E-state index >= 15 is 0 Å². The van der Waals surface area contributed by atoms with Crippen molar-refractivity contribution in [2.75, 3.05) is 11.9 Å². The fourth-order valence-electron chi connectivity index (χ4n) is 4.17. The smallest absolute Gasteiger partial charge is 0.321 e. The number of hydrogen-bond acceptors (Lipinski definition) is 3. The molecule has 1 aliphatic heterocycles.